The molecule has 3 N–H and O–H groups in total. The van der Waals surface area contributed by atoms with Gasteiger partial charge in [0.2, 0.25) is 23.6 Å². The number of allylic oxidation sites excluding steroid dienone is 2. The molecule has 4 amide bonds. The fourth-order valence-electron chi connectivity index (χ4n) is 5.72. The van der Waals surface area contributed by atoms with Crippen LogP contribution in [0.15, 0.2) is 35.9 Å². The van der Waals surface area contributed by atoms with Gasteiger partial charge in [-0.15, -0.1) is 0 Å². The lowest BCUT2D eigenvalue weighted by molar-refractivity contribution is -0.128. The molecule has 1 aromatic rings. The summed E-state index contributed by atoms with van der Waals surface area (Å²) in [5.74, 6) is -3.05. The molecule has 8 nitrogen and oxygen atoms in total. The van der Waals surface area contributed by atoms with Crippen molar-refractivity contribution in [3.63, 3.8) is 0 Å². The first-order chi connectivity index (χ1) is 14.5. The number of imide groups is 2. The molecule has 0 bridgehead atoms. The number of amides is 4. The van der Waals surface area contributed by atoms with E-state index in [4.69, 9.17) is 9.84 Å². The van der Waals surface area contributed by atoms with Crippen LogP contribution in [0.5, 0.6) is 5.75 Å². The summed E-state index contributed by atoms with van der Waals surface area (Å²) in [5, 5.41) is 13.8. The molecule has 30 heavy (non-hydrogen) atoms. The zero-order valence-electron chi connectivity index (χ0n) is 16.2. The van der Waals surface area contributed by atoms with Gasteiger partial charge in [0, 0.05) is 5.92 Å². The molecule has 2 saturated heterocycles. The van der Waals surface area contributed by atoms with E-state index in [1.807, 2.05) is 18.2 Å². The number of aliphatic hydroxyl groups is 1. The number of carbonyl (C=O) groups excluding carboxylic acids is 4. The van der Waals surface area contributed by atoms with Crippen molar-refractivity contribution in [1.82, 2.24) is 10.6 Å². The highest BCUT2D eigenvalue weighted by Gasteiger charge is 2.58. The van der Waals surface area contributed by atoms with E-state index in [0.717, 1.165) is 11.1 Å². The third kappa shape index (κ3) is 2.78. The predicted octanol–water partition coefficient (Wildman–Crippen LogP) is 0.269. The number of benzene rings is 1. The van der Waals surface area contributed by atoms with Gasteiger partial charge in [0.05, 0.1) is 30.3 Å². The van der Waals surface area contributed by atoms with Crippen molar-refractivity contribution in [2.75, 3.05) is 13.2 Å². The number of carbonyl (C=O) groups is 4. The summed E-state index contributed by atoms with van der Waals surface area (Å²) < 4.78 is 5.42. The van der Waals surface area contributed by atoms with Gasteiger partial charge in [0.25, 0.3) is 0 Å². The van der Waals surface area contributed by atoms with Crippen LogP contribution in [0.4, 0.5) is 0 Å². The molecule has 0 aromatic heterocycles. The molecule has 0 spiro atoms. The number of hydrogen-bond donors (Lipinski definition) is 3. The fourth-order valence-corrected chi connectivity index (χ4v) is 5.72. The van der Waals surface area contributed by atoms with Crippen LogP contribution in [0.2, 0.25) is 0 Å². The second kappa shape index (κ2) is 7.05. The molecule has 4 aliphatic rings. The second-order valence-electron chi connectivity index (χ2n) is 8.37. The van der Waals surface area contributed by atoms with E-state index in [9.17, 15) is 19.2 Å². The number of aliphatic hydroxyl groups excluding tert-OH is 1. The monoisotopic (exact) mass is 410 g/mol. The van der Waals surface area contributed by atoms with Gasteiger partial charge < -0.3 is 9.84 Å². The Morgan fingerprint density at radius 2 is 1.53 bits per heavy atom. The van der Waals surface area contributed by atoms with E-state index in [2.05, 4.69) is 10.6 Å². The molecule has 1 saturated carbocycles. The average molecular weight is 410 g/mol. The van der Waals surface area contributed by atoms with Crippen LogP contribution in [0.25, 0.3) is 0 Å². The number of hydrogen-bond acceptors (Lipinski definition) is 6. The third-order valence-corrected chi connectivity index (χ3v) is 6.93. The Morgan fingerprint density at radius 1 is 0.867 bits per heavy atom. The van der Waals surface area contributed by atoms with Crippen molar-refractivity contribution in [3.8, 4) is 5.75 Å². The van der Waals surface area contributed by atoms with Gasteiger partial charge in [-0.1, -0.05) is 23.8 Å². The maximum Gasteiger partial charge on any atom is 0.231 e. The van der Waals surface area contributed by atoms with E-state index in [1.165, 1.54) is 0 Å². The first kappa shape index (κ1) is 19.0. The van der Waals surface area contributed by atoms with Crippen LogP contribution in [0, 0.1) is 29.6 Å². The van der Waals surface area contributed by atoms with Crippen molar-refractivity contribution in [1.29, 1.82) is 0 Å². The summed E-state index contributed by atoms with van der Waals surface area (Å²) >= 11 is 0. The Hall–Kier alpha value is -3.00. The highest BCUT2D eigenvalue weighted by atomic mass is 16.5. The number of nitrogens with one attached hydrogen (secondary N) is 2. The van der Waals surface area contributed by atoms with E-state index in [-0.39, 0.29) is 48.7 Å². The average Bonchev–Trinajstić information content (AvgIpc) is 3.20. The van der Waals surface area contributed by atoms with Crippen molar-refractivity contribution >= 4 is 23.6 Å². The van der Waals surface area contributed by atoms with Crippen molar-refractivity contribution < 1.29 is 29.0 Å². The lowest BCUT2D eigenvalue weighted by atomic mass is 9.57. The minimum Gasteiger partial charge on any atom is -0.491 e. The highest BCUT2D eigenvalue weighted by molar-refractivity contribution is 6.07. The maximum absolute atomic E-state index is 12.7. The van der Waals surface area contributed by atoms with E-state index in [1.54, 1.807) is 12.1 Å². The fraction of sp³-hybridized carbons (Fsp3) is 0.455. The van der Waals surface area contributed by atoms with Crippen LogP contribution >= 0.6 is 0 Å². The molecule has 3 fully saturated rings. The first-order valence-corrected chi connectivity index (χ1v) is 10.2. The highest BCUT2D eigenvalue weighted by Crippen LogP contribution is 2.55. The molecule has 2 heterocycles. The third-order valence-electron chi connectivity index (χ3n) is 6.93. The summed E-state index contributed by atoms with van der Waals surface area (Å²) in [5.41, 5.74) is 1.83. The largest absolute Gasteiger partial charge is 0.491 e. The second-order valence-corrected chi connectivity index (χ2v) is 8.37. The van der Waals surface area contributed by atoms with E-state index < -0.39 is 23.7 Å². The maximum atomic E-state index is 12.7. The van der Waals surface area contributed by atoms with Crippen LogP contribution < -0.4 is 15.4 Å². The molecule has 1 aromatic carbocycles. The first-order valence-electron chi connectivity index (χ1n) is 10.2. The van der Waals surface area contributed by atoms with Gasteiger partial charge in [0.1, 0.15) is 12.4 Å². The van der Waals surface area contributed by atoms with Crippen molar-refractivity contribution in [2.24, 2.45) is 29.6 Å². The molecule has 5 rings (SSSR count). The Kier molecular flexibility index (Phi) is 4.47. The Bertz CT molecular complexity index is 968. The van der Waals surface area contributed by atoms with Crippen molar-refractivity contribution in [2.45, 2.75) is 18.8 Å². The molecule has 6 unspecified atom stereocenters. The molecule has 2 aliphatic carbocycles. The SMILES string of the molecule is O=C1NC(=O)C2C1CC=C1C2CC2C(=O)NC(=O)C2C1c1ccc(OCCO)cc1. The minimum atomic E-state index is -0.527. The van der Waals surface area contributed by atoms with Crippen LogP contribution in [-0.4, -0.2) is 41.9 Å². The van der Waals surface area contributed by atoms with Gasteiger partial charge >= 0.3 is 0 Å². The zero-order valence-corrected chi connectivity index (χ0v) is 16.2. The topological polar surface area (TPSA) is 122 Å². The normalized spacial score (nSPS) is 34.5. The van der Waals surface area contributed by atoms with E-state index in [0.29, 0.717) is 18.6 Å². The molecule has 2 aliphatic heterocycles. The summed E-state index contributed by atoms with van der Waals surface area (Å²) in [6, 6.07) is 7.27. The number of ether oxygens (including phenoxy) is 1. The van der Waals surface area contributed by atoms with Gasteiger partial charge in [-0.05, 0) is 36.5 Å². The lowest BCUT2D eigenvalue weighted by Gasteiger charge is -2.44. The summed E-state index contributed by atoms with van der Waals surface area (Å²) in [6.45, 7) is 0.0954. The standard InChI is InChI=1S/C22H22N2O6/c25-7-8-30-11-3-1-10(2-4-11)16-12-5-6-13-17(21(28)23-19(13)26)14(12)9-15-18(16)22(29)24-20(15)27/h1-5,13-18,25H,6-9H2,(H,23,26,28)(H,24,27,29). The Balaban J connectivity index is 1.56. The van der Waals surface area contributed by atoms with Gasteiger partial charge in [-0.2, -0.15) is 0 Å². The number of rotatable bonds is 4. The van der Waals surface area contributed by atoms with Crippen LogP contribution in [0.1, 0.15) is 24.3 Å². The zero-order chi connectivity index (χ0) is 21.0. The Labute approximate surface area is 172 Å². The summed E-state index contributed by atoms with van der Waals surface area (Å²) in [7, 11) is 0. The van der Waals surface area contributed by atoms with Gasteiger partial charge in [-0.3, -0.25) is 29.8 Å². The summed E-state index contributed by atoms with van der Waals surface area (Å²) in [4.78, 5) is 49.9. The predicted molar refractivity (Wildman–Crippen MR) is 103 cm³/mol. The van der Waals surface area contributed by atoms with Crippen LogP contribution in [0.3, 0.4) is 0 Å². The smallest absolute Gasteiger partial charge is 0.231 e. The lowest BCUT2D eigenvalue weighted by Crippen LogP contribution is -2.42. The quantitative estimate of drug-likeness (QED) is 0.484. The minimum absolute atomic E-state index is 0.0890. The molecule has 8 heteroatoms. The molecule has 156 valence electrons. The molecule has 0 radical (unpaired) electrons. The van der Waals surface area contributed by atoms with Gasteiger partial charge in [-0.25, -0.2) is 0 Å². The molecule has 6 atom stereocenters. The summed E-state index contributed by atoms with van der Waals surface area (Å²) in [6.07, 6.45) is 2.84. The molecular weight excluding hydrogens is 388 g/mol. The van der Waals surface area contributed by atoms with Crippen LogP contribution in [-0.2, 0) is 19.2 Å². The van der Waals surface area contributed by atoms with Crippen molar-refractivity contribution in [3.05, 3.63) is 41.5 Å². The Morgan fingerprint density at radius 3 is 2.23 bits per heavy atom. The van der Waals surface area contributed by atoms with Gasteiger partial charge in [0.15, 0.2) is 0 Å². The molecular formula is C22H22N2O6. The van der Waals surface area contributed by atoms with E-state index >= 15 is 0 Å². The number of fused-ring (bicyclic) bond motifs is 4.